The average molecular weight is 380 g/mol. The fourth-order valence-corrected chi connectivity index (χ4v) is 2.80. The molecule has 18 heavy (non-hydrogen) atoms. The van der Waals surface area contributed by atoms with Crippen LogP contribution < -0.4 is 5.32 Å². The lowest BCUT2D eigenvalue weighted by Gasteiger charge is -2.20. The number of amides is 1. The molecule has 1 amide bonds. The highest BCUT2D eigenvalue weighted by molar-refractivity contribution is 14.1. The van der Waals surface area contributed by atoms with Gasteiger partial charge in [-0.2, -0.15) is 0 Å². The third-order valence-corrected chi connectivity index (χ3v) is 4.23. The molecule has 1 fully saturated rings. The molecule has 0 aromatic heterocycles. The van der Waals surface area contributed by atoms with Gasteiger partial charge in [0.1, 0.15) is 0 Å². The van der Waals surface area contributed by atoms with Crippen molar-refractivity contribution < 1.29 is 9.53 Å². The van der Waals surface area contributed by atoms with Crippen molar-refractivity contribution >= 4 is 40.1 Å². The smallest absolute Gasteiger partial charge is 0.252 e. The number of halogens is 2. The Morgan fingerprint density at radius 3 is 3.06 bits per heavy atom. The van der Waals surface area contributed by atoms with Crippen LogP contribution in [0.15, 0.2) is 18.2 Å². The van der Waals surface area contributed by atoms with Crippen LogP contribution in [0.3, 0.4) is 0 Å². The molecule has 0 bridgehead atoms. The predicted molar refractivity (Wildman–Crippen MR) is 80.1 cm³/mol. The normalized spacial score (nSPS) is 20.7. The Morgan fingerprint density at radius 2 is 2.39 bits per heavy atom. The summed E-state index contributed by atoms with van der Waals surface area (Å²) in [5.74, 6) is -0.0927. The van der Waals surface area contributed by atoms with Gasteiger partial charge < -0.3 is 10.1 Å². The molecular formula is C13H15ClINO2. The molecule has 1 N–H and O–H groups in total. The molecule has 0 unspecified atom stereocenters. The Balaban J connectivity index is 2.04. The number of ether oxygens (including phenoxy) is 1. The number of rotatable bonds is 3. The summed E-state index contributed by atoms with van der Waals surface area (Å²) < 4.78 is 6.46. The molecule has 3 nitrogen and oxygen atoms in total. The van der Waals surface area contributed by atoms with Gasteiger partial charge in [0.15, 0.2) is 0 Å². The van der Waals surface area contributed by atoms with Crippen LogP contribution in [0.2, 0.25) is 5.02 Å². The molecule has 2 atom stereocenters. The van der Waals surface area contributed by atoms with E-state index in [0.717, 1.165) is 23.0 Å². The van der Waals surface area contributed by atoms with Gasteiger partial charge in [0.2, 0.25) is 0 Å². The second-order valence-electron chi connectivity index (χ2n) is 4.44. The molecule has 2 rings (SSSR count). The average Bonchev–Trinajstić information content (AvgIpc) is 2.85. The molecule has 5 heteroatoms. The summed E-state index contributed by atoms with van der Waals surface area (Å²) in [6.07, 6.45) is 2.21. The minimum absolute atomic E-state index is 0.0229. The van der Waals surface area contributed by atoms with Gasteiger partial charge in [-0.1, -0.05) is 11.6 Å². The van der Waals surface area contributed by atoms with Crippen molar-refractivity contribution in [2.24, 2.45) is 0 Å². The Kier molecular flexibility index (Phi) is 4.86. The highest BCUT2D eigenvalue weighted by atomic mass is 127. The first-order valence-corrected chi connectivity index (χ1v) is 7.41. The van der Waals surface area contributed by atoms with E-state index in [1.807, 2.05) is 13.0 Å². The number of carbonyl (C=O) groups excluding carboxylic acids is 1. The van der Waals surface area contributed by atoms with Gasteiger partial charge in [0, 0.05) is 15.2 Å². The van der Waals surface area contributed by atoms with Crippen LogP contribution in [-0.4, -0.2) is 24.7 Å². The van der Waals surface area contributed by atoms with E-state index in [9.17, 15) is 4.79 Å². The maximum absolute atomic E-state index is 12.2. The van der Waals surface area contributed by atoms with E-state index in [2.05, 4.69) is 27.9 Å². The molecule has 0 spiro atoms. The van der Waals surface area contributed by atoms with Crippen molar-refractivity contribution in [2.45, 2.75) is 31.9 Å². The molecule has 1 aromatic rings. The number of hydrogen-bond acceptors (Lipinski definition) is 2. The van der Waals surface area contributed by atoms with Crippen molar-refractivity contribution in [1.82, 2.24) is 5.32 Å². The predicted octanol–water partition coefficient (Wildman–Crippen LogP) is 3.24. The van der Waals surface area contributed by atoms with Crippen LogP contribution in [0.4, 0.5) is 0 Å². The molecule has 0 aliphatic carbocycles. The Labute approximate surface area is 125 Å². The molecule has 1 aromatic carbocycles. The molecule has 1 heterocycles. The van der Waals surface area contributed by atoms with Crippen LogP contribution in [0.5, 0.6) is 0 Å². The Hall–Kier alpha value is -0.330. The zero-order valence-electron chi connectivity index (χ0n) is 10.1. The van der Waals surface area contributed by atoms with Crippen LogP contribution >= 0.6 is 34.2 Å². The first-order valence-electron chi connectivity index (χ1n) is 5.95. The molecule has 1 saturated heterocycles. The molecule has 0 saturated carbocycles. The molecule has 98 valence electrons. The lowest BCUT2D eigenvalue weighted by atomic mass is 10.1. The zero-order valence-corrected chi connectivity index (χ0v) is 13.0. The van der Waals surface area contributed by atoms with E-state index in [-0.39, 0.29) is 18.1 Å². The van der Waals surface area contributed by atoms with E-state index in [4.69, 9.17) is 16.3 Å². The summed E-state index contributed by atoms with van der Waals surface area (Å²) in [5, 5.41) is 3.55. The minimum Gasteiger partial charge on any atom is -0.376 e. The van der Waals surface area contributed by atoms with E-state index in [0.29, 0.717) is 10.6 Å². The highest BCUT2D eigenvalue weighted by Crippen LogP contribution is 2.19. The molecule has 1 aliphatic rings. The lowest BCUT2D eigenvalue weighted by molar-refractivity contribution is 0.0712. The number of nitrogens with one attached hydrogen (secondary N) is 1. The number of hydrogen-bond donors (Lipinski definition) is 1. The van der Waals surface area contributed by atoms with Crippen molar-refractivity contribution in [3.63, 3.8) is 0 Å². The first kappa shape index (κ1) is 14.1. The fourth-order valence-electron chi connectivity index (χ4n) is 2.05. The van der Waals surface area contributed by atoms with Crippen molar-refractivity contribution in [3.8, 4) is 0 Å². The lowest BCUT2D eigenvalue weighted by Crippen LogP contribution is -2.41. The molecule has 1 aliphatic heterocycles. The van der Waals surface area contributed by atoms with Crippen LogP contribution in [0.1, 0.15) is 30.1 Å². The van der Waals surface area contributed by atoms with E-state index in [1.165, 1.54) is 0 Å². The number of benzene rings is 1. The van der Waals surface area contributed by atoms with Gasteiger partial charge in [-0.05, 0) is 60.6 Å². The van der Waals surface area contributed by atoms with Gasteiger partial charge in [0.05, 0.1) is 17.7 Å². The van der Waals surface area contributed by atoms with Gasteiger partial charge in [-0.15, -0.1) is 0 Å². The summed E-state index contributed by atoms with van der Waals surface area (Å²) in [5.41, 5.74) is 0.618. The van der Waals surface area contributed by atoms with Crippen molar-refractivity contribution in [3.05, 3.63) is 32.4 Å². The molecular weight excluding hydrogens is 365 g/mol. The number of carbonyl (C=O) groups is 1. The summed E-state index contributed by atoms with van der Waals surface area (Å²) in [4.78, 5) is 12.2. The maximum Gasteiger partial charge on any atom is 0.252 e. The van der Waals surface area contributed by atoms with E-state index < -0.39 is 0 Å². The van der Waals surface area contributed by atoms with E-state index in [1.54, 1.807) is 12.1 Å². The van der Waals surface area contributed by atoms with Crippen LogP contribution in [0, 0.1) is 3.57 Å². The zero-order chi connectivity index (χ0) is 13.1. The second-order valence-corrected chi connectivity index (χ2v) is 6.04. The Morgan fingerprint density at radius 1 is 1.61 bits per heavy atom. The second kappa shape index (κ2) is 6.21. The van der Waals surface area contributed by atoms with E-state index >= 15 is 0 Å². The van der Waals surface area contributed by atoms with Gasteiger partial charge in [-0.25, -0.2) is 0 Å². The van der Waals surface area contributed by atoms with Crippen molar-refractivity contribution in [2.75, 3.05) is 6.61 Å². The summed E-state index contributed by atoms with van der Waals surface area (Å²) in [6.45, 7) is 2.77. The largest absolute Gasteiger partial charge is 0.376 e. The van der Waals surface area contributed by atoms with Gasteiger partial charge >= 0.3 is 0 Å². The topological polar surface area (TPSA) is 38.3 Å². The van der Waals surface area contributed by atoms with Crippen LogP contribution in [-0.2, 0) is 4.74 Å². The monoisotopic (exact) mass is 379 g/mol. The summed E-state index contributed by atoms with van der Waals surface area (Å²) >= 11 is 8.05. The molecule has 0 radical (unpaired) electrons. The highest BCUT2D eigenvalue weighted by Gasteiger charge is 2.24. The Bertz CT molecular complexity index is 447. The summed E-state index contributed by atoms with van der Waals surface area (Å²) in [6, 6.07) is 5.34. The van der Waals surface area contributed by atoms with Crippen molar-refractivity contribution in [1.29, 1.82) is 0 Å². The third kappa shape index (κ3) is 3.36. The van der Waals surface area contributed by atoms with Crippen LogP contribution in [0.25, 0.3) is 0 Å². The third-order valence-electron chi connectivity index (χ3n) is 3.05. The summed E-state index contributed by atoms with van der Waals surface area (Å²) in [7, 11) is 0. The fraction of sp³-hybridized carbons (Fsp3) is 0.462. The SMILES string of the molecule is C[C@H](NC(=O)c1cc(Cl)ccc1I)[C@H]1CCCO1. The first-order chi connectivity index (χ1) is 8.58. The quantitative estimate of drug-likeness (QED) is 0.819. The minimum atomic E-state index is -0.0927. The van der Waals surface area contributed by atoms with Gasteiger partial charge in [-0.3, -0.25) is 4.79 Å². The standard InChI is InChI=1S/C13H15ClINO2/c1-8(12-3-2-6-18-12)16-13(17)10-7-9(14)4-5-11(10)15/h4-5,7-8,12H,2-3,6H2,1H3,(H,16,17)/t8-,12+/m0/s1. The maximum atomic E-state index is 12.2. The van der Waals surface area contributed by atoms with Gasteiger partial charge in [0.25, 0.3) is 5.91 Å².